The number of aliphatic hydroxyl groups excluding tert-OH is 1. The van der Waals surface area contributed by atoms with Crippen LogP contribution in [-0.2, 0) is 10.7 Å². The Morgan fingerprint density at radius 3 is 2.18 bits per heavy atom. The summed E-state index contributed by atoms with van der Waals surface area (Å²) in [5, 5.41) is 9.00. The summed E-state index contributed by atoms with van der Waals surface area (Å²) >= 11 is 0. The molecule has 1 aromatic carbocycles. The zero-order valence-electron chi connectivity index (χ0n) is 5.68. The standard InChI is InChI=1S/C7H8O3S/c8-7(11(9)10)6-4-2-1-3-5-6/h1-5,7-8,11H. The molecule has 0 fully saturated rings. The van der Waals surface area contributed by atoms with Gasteiger partial charge in [0.15, 0.2) is 16.1 Å². The predicted molar refractivity (Wildman–Crippen MR) is 41.7 cm³/mol. The Bertz CT molecular complexity index is 284. The number of aliphatic hydroxyl groups is 1. The van der Waals surface area contributed by atoms with Gasteiger partial charge in [0, 0.05) is 0 Å². The van der Waals surface area contributed by atoms with Crippen LogP contribution < -0.4 is 0 Å². The van der Waals surface area contributed by atoms with Crippen LogP contribution in [0.4, 0.5) is 0 Å². The van der Waals surface area contributed by atoms with E-state index in [1.54, 1.807) is 30.3 Å². The summed E-state index contributed by atoms with van der Waals surface area (Å²) < 4.78 is 20.6. The quantitative estimate of drug-likeness (QED) is 0.630. The first kappa shape index (κ1) is 8.23. The van der Waals surface area contributed by atoms with Crippen molar-refractivity contribution in [3.8, 4) is 0 Å². The van der Waals surface area contributed by atoms with E-state index in [-0.39, 0.29) is 0 Å². The van der Waals surface area contributed by atoms with E-state index in [1.165, 1.54) is 0 Å². The van der Waals surface area contributed by atoms with Gasteiger partial charge in [-0.05, 0) is 5.56 Å². The third-order valence-electron chi connectivity index (χ3n) is 1.30. The highest BCUT2D eigenvalue weighted by molar-refractivity contribution is 7.72. The molecule has 0 amide bonds. The van der Waals surface area contributed by atoms with Gasteiger partial charge in [0.1, 0.15) is 0 Å². The van der Waals surface area contributed by atoms with E-state index in [0.29, 0.717) is 5.56 Å². The molecule has 0 spiro atoms. The molecule has 4 heteroatoms. The molecule has 0 saturated heterocycles. The summed E-state index contributed by atoms with van der Waals surface area (Å²) in [6.45, 7) is 0. The molecule has 0 aromatic heterocycles. The zero-order valence-corrected chi connectivity index (χ0v) is 6.57. The smallest absolute Gasteiger partial charge is 0.178 e. The maximum atomic E-state index is 10.3. The number of thiol groups is 1. The molecule has 0 aliphatic carbocycles. The molecule has 0 radical (unpaired) electrons. The topological polar surface area (TPSA) is 54.4 Å². The minimum absolute atomic E-state index is 0.406. The molecule has 0 heterocycles. The number of benzene rings is 1. The first-order valence-electron chi connectivity index (χ1n) is 3.08. The van der Waals surface area contributed by atoms with E-state index in [1.807, 2.05) is 0 Å². The first-order chi connectivity index (χ1) is 5.22. The highest BCUT2D eigenvalue weighted by Crippen LogP contribution is 2.11. The van der Waals surface area contributed by atoms with Crippen LogP contribution in [0.3, 0.4) is 0 Å². The predicted octanol–water partition coefficient (Wildman–Crippen LogP) is 0.289. The van der Waals surface area contributed by atoms with E-state index in [9.17, 15) is 8.42 Å². The lowest BCUT2D eigenvalue weighted by molar-refractivity contribution is 0.259. The Labute approximate surface area is 66.2 Å². The molecule has 11 heavy (non-hydrogen) atoms. The Hall–Kier alpha value is -0.870. The number of hydrogen-bond donors (Lipinski definition) is 2. The van der Waals surface area contributed by atoms with E-state index >= 15 is 0 Å². The average Bonchev–Trinajstić information content (AvgIpc) is 2.05. The largest absolute Gasteiger partial charge is 0.373 e. The first-order valence-corrected chi connectivity index (χ1v) is 4.33. The van der Waals surface area contributed by atoms with E-state index in [0.717, 1.165) is 0 Å². The molecule has 60 valence electrons. The summed E-state index contributed by atoms with van der Waals surface area (Å²) in [6.07, 6.45) is 0. The lowest BCUT2D eigenvalue weighted by Gasteiger charge is -2.00. The Morgan fingerprint density at radius 1 is 1.18 bits per heavy atom. The fourth-order valence-electron chi connectivity index (χ4n) is 0.747. The molecule has 1 aromatic rings. The maximum absolute atomic E-state index is 10.3. The third kappa shape index (κ3) is 2.03. The fourth-order valence-corrected chi connectivity index (χ4v) is 1.16. The van der Waals surface area contributed by atoms with Crippen LogP contribution >= 0.6 is 0 Å². The second kappa shape index (κ2) is 3.50. The molecule has 0 bridgehead atoms. The van der Waals surface area contributed by atoms with Crippen molar-refractivity contribution in [2.24, 2.45) is 0 Å². The van der Waals surface area contributed by atoms with E-state index in [4.69, 9.17) is 5.11 Å². The Morgan fingerprint density at radius 2 is 1.73 bits per heavy atom. The van der Waals surface area contributed by atoms with Gasteiger partial charge in [-0.25, -0.2) is 8.42 Å². The van der Waals surface area contributed by atoms with Gasteiger partial charge in [0.05, 0.1) is 0 Å². The van der Waals surface area contributed by atoms with E-state index in [2.05, 4.69) is 0 Å². The molecule has 0 aliphatic heterocycles. The van der Waals surface area contributed by atoms with Crippen molar-refractivity contribution in [2.75, 3.05) is 0 Å². The summed E-state index contributed by atoms with van der Waals surface area (Å²) in [5.74, 6) is 0. The van der Waals surface area contributed by atoms with Gasteiger partial charge >= 0.3 is 0 Å². The van der Waals surface area contributed by atoms with Crippen LogP contribution in [0.1, 0.15) is 11.0 Å². The van der Waals surface area contributed by atoms with Crippen molar-refractivity contribution in [3.05, 3.63) is 35.9 Å². The molecular weight excluding hydrogens is 164 g/mol. The van der Waals surface area contributed by atoms with Gasteiger partial charge in [-0.1, -0.05) is 30.3 Å². The van der Waals surface area contributed by atoms with Crippen LogP contribution in [0.15, 0.2) is 30.3 Å². The summed E-state index contributed by atoms with van der Waals surface area (Å²) in [7, 11) is -2.78. The van der Waals surface area contributed by atoms with Gasteiger partial charge in [0.25, 0.3) is 0 Å². The van der Waals surface area contributed by atoms with Crippen molar-refractivity contribution in [3.63, 3.8) is 0 Å². The van der Waals surface area contributed by atoms with Crippen LogP contribution in [0.2, 0.25) is 0 Å². The molecule has 1 rings (SSSR count). The molecular formula is C7H8O3S. The highest BCUT2D eigenvalue weighted by Gasteiger charge is 2.07. The molecule has 1 unspecified atom stereocenters. The Kier molecular flexibility index (Phi) is 2.62. The van der Waals surface area contributed by atoms with Gasteiger partial charge < -0.3 is 5.11 Å². The monoisotopic (exact) mass is 172 g/mol. The summed E-state index contributed by atoms with van der Waals surface area (Å²) in [5.41, 5.74) is -0.963. The molecule has 0 aliphatic rings. The van der Waals surface area contributed by atoms with Crippen molar-refractivity contribution in [2.45, 2.75) is 5.44 Å². The van der Waals surface area contributed by atoms with Crippen LogP contribution in [-0.4, -0.2) is 13.5 Å². The molecule has 3 nitrogen and oxygen atoms in total. The average molecular weight is 172 g/mol. The van der Waals surface area contributed by atoms with Gasteiger partial charge in [0.2, 0.25) is 0 Å². The van der Waals surface area contributed by atoms with Gasteiger partial charge in [-0.15, -0.1) is 0 Å². The lowest BCUT2D eigenvalue weighted by atomic mass is 10.2. The maximum Gasteiger partial charge on any atom is 0.178 e. The second-order valence-corrected chi connectivity index (χ2v) is 3.13. The van der Waals surface area contributed by atoms with Crippen LogP contribution in [0.5, 0.6) is 0 Å². The minimum atomic E-state index is -2.78. The number of rotatable bonds is 2. The van der Waals surface area contributed by atoms with Crippen LogP contribution in [0, 0.1) is 0 Å². The SMILES string of the molecule is O=[SH](=O)C(O)c1ccccc1. The van der Waals surface area contributed by atoms with E-state index < -0.39 is 16.1 Å². The number of hydrogen-bond acceptors (Lipinski definition) is 3. The fraction of sp³-hybridized carbons (Fsp3) is 0.143. The molecule has 0 saturated carbocycles. The highest BCUT2D eigenvalue weighted by atomic mass is 32.2. The Balaban J connectivity index is 2.94. The second-order valence-electron chi connectivity index (χ2n) is 2.07. The van der Waals surface area contributed by atoms with Gasteiger partial charge in [-0.3, -0.25) is 0 Å². The summed E-state index contributed by atoms with van der Waals surface area (Å²) in [4.78, 5) is 0. The van der Waals surface area contributed by atoms with Gasteiger partial charge in [-0.2, -0.15) is 0 Å². The zero-order chi connectivity index (χ0) is 8.27. The minimum Gasteiger partial charge on any atom is -0.373 e. The van der Waals surface area contributed by atoms with Crippen molar-refractivity contribution < 1.29 is 13.5 Å². The normalized spacial score (nSPS) is 13.3. The lowest BCUT2D eigenvalue weighted by Crippen LogP contribution is -1.97. The third-order valence-corrected chi connectivity index (χ3v) is 1.99. The van der Waals surface area contributed by atoms with Crippen molar-refractivity contribution in [1.29, 1.82) is 0 Å². The van der Waals surface area contributed by atoms with Crippen molar-refractivity contribution >= 4 is 10.7 Å². The molecule has 1 N–H and O–H groups in total. The molecule has 1 atom stereocenters. The van der Waals surface area contributed by atoms with Crippen molar-refractivity contribution in [1.82, 2.24) is 0 Å². The summed E-state index contributed by atoms with van der Waals surface area (Å²) in [6, 6.07) is 8.24. The van der Waals surface area contributed by atoms with Crippen LogP contribution in [0.25, 0.3) is 0 Å².